The normalized spacial score (nSPS) is 11.4. The Hall–Kier alpha value is -4.32. The van der Waals surface area contributed by atoms with Crippen molar-refractivity contribution in [3.05, 3.63) is 84.2 Å². The summed E-state index contributed by atoms with van der Waals surface area (Å²) < 4.78 is 0. The van der Waals surface area contributed by atoms with Crippen LogP contribution in [0.25, 0.3) is 55.9 Å². The molecule has 0 amide bonds. The molecule has 0 aliphatic heterocycles. The lowest BCUT2D eigenvalue weighted by Gasteiger charge is -2.11. The molecule has 6 rings (SSSR count). The van der Waals surface area contributed by atoms with Crippen LogP contribution < -0.4 is 0 Å². The van der Waals surface area contributed by atoms with Gasteiger partial charge in [-0.25, -0.2) is 19.9 Å². The van der Waals surface area contributed by atoms with Crippen molar-refractivity contribution in [2.45, 2.75) is 13.8 Å². The van der Waals surface area contributed by atoms with Crippen molar-refractivity contribution < 1.29 is 0 Å². The molecule has 3 aromatic carbocycles. The molecule has 3 heterocycles. The second kappa shape index (κ2) is 7.13. The zero-order valence-corrected chi connectivity index (χ0v) is 17.6. The minimum absolute atomic E-state index is 0.642. The molecule has 0 aliphatic carbocycles. The fraction of sp³-hybridized carbons (Fsp3) is 0.0769. The Bertz CT molecular complexity index is 1530. The van der Waals surface area contributed by atoms with E-state index >= 15 is 0 Å². The Labute approximate surface area is 184 Å². The number of fused-ring (bicyclic) bond motifs is 3. The van der Waals surface area contributed by atoms with Crippen LogP contribution in [0.5, 0.6) is 0 Å². The van der Waals surface area contributed by atoms with Gasteiger partial charge in [0, 0.05) is 0 Å². The van der Waals surface area contributed by atoms with E-state index in [0.29, 0.717) is 22.8 Å². The summed E-state index contributed by atoms with van der Waals surface area (Å²) in [6.07, 6.45) is 3.49. The predicted octanol–water partition coefficient (Wildman–Crippen LogP) is 5.47. The first-order chi connectivity index (χ1) is 15.7. The summed E-state index contributed by atoms with van der Waals surface area (Å²) in [5, 5.41) is 0. The Morgan fingerprint density at radius 1 is 0.469 bits per heavy atom. The summed E-state index contributed by atoms with van der Waals surface area (Å²) >= 11 is 0. The molecule has 0 unspecified atom stereocenters. The molecule has 32 heavy (non-hydrogen) atoms. The van der Waals surface area contributed by atoms with Crippen LogP contribution in [-0.2, 0) is 0 Å². The van der Waals surface area contributed by atoms with Gasteiger partial charge < -0.3 is 0 Å². The highest BCUT2D eigenvalue weighted by molar-refractivity contribution is 5.87. The maximum Gasteiger partial charge on any atom is 0.119 e. The average Bonchev–Trinajstić information content (AvgIpc) is 2.83. The maximum atomic E-state index is 4.98. The summed E-state index contributed by atoms with van der Waals surface area (Å²) in [4.78, 5) is 28.8. The highest BCUT2D eigenvalue weighted by Gasteiger charge is 2.18. The molecule has 6 aromatic rings. The molecule has 0 bridgehead atoms. The van der Waals surface area contributed by atoms with Crippen molar-refractivity contribution >= 4 is 33.1 Å². The van der Waals surface area contributed by atoms with Gasteiger partial charge in [0.05, 0.1) is 45.5 Å². The molecule has 0 spiro atoms. The number of para-hydroxylation sites is 4. The molecule has 0 atom stereocenters. The van der Waals surface area contributed by atoms with Crippen molar-refractivity contribution in [3.63, 3.8) is 0 Å². The molecule has 6 heteroatoms. The lowest BCUT2D eigenvalue weighted by atomic mass is 10.1. The van der Waals surface area contributed by atoms with Gasteiger partial charge in [0.1, 0.15) is 22.8 Å². The molecular weight excluding hydrogens is 396 g/mol. The summed E-state index contributed by atoms with van der Waals surface area (Å²) in [5.74, 6) is 0. The second-order valence-corrected chi connectivity index (χ2v) is 7.83. The minimum atomic E-state index is 0.642. The zero-order chi connectivity index (χ0) is 21.7. The molecule has 0 radical (unpaired) electrons. The molecule has 0 aliphatic rings. The zero-order valence-electron chi connectivity index (χ0n) is 17.6. The van der Waals surface area contributed by atoms with Crippen LogP contribution in [0.1, 0.15) is 11.1 Å². The second-order valence-electron chi connectivity index (χ2n) is 7.83. The van der Waals surface area contributed by atoms with Gasteiger partial charge in [-0.2, -0.15) is 0 Å². The van der Waals surface area contributed by atoms with Crippen molar-refractivity contribution in [2.24, 2.45) is 0 Å². The Balaban J connectivity index is 1.66. The molecule has 3 aromatic heterocycles. The summed E-state index contributed by atoms with van der Waals surface area (Å²) in [6, 6.07) is 19.7. The topological polar surface area (TPSA) is 77.3 Å². The van der Waals surface area contributed by atoms with Crippen LogP contribution in [0.3, 0.4) is 0 Å². The van der Waals surface area contributed by atoms with Crippen LogP contribution in [0.4, 0.5) is 0 Å². The van der Waals surface area contributed by atoms with Gasteiger partial charge in [0.2, 0.25) is 0 Å². The highest BCUT2D eigenvalue weighted by Crippen LogP contribution is 2.30. The van der Waals surface area contributed by atoms with Crippen molar-refractivity contribution in [3.8, 4) is 22.8 Å². The monoisotopic (exact) mass is 414 g/mol. The third-order valence-electron chi connectivity index (χ3n) is 5.66. The summed E-state index contributed by atoms with van der Waals surface area (Å²) in [5.41, 5.74) is 9.85. The molecule has 0 fully saturated rings. The smallest absolute Gasteiger partial charge is 0.119 e. The third-order valence-corrected chi connectivity index (χ3v) is 5.66. The molecule has 152 valence electrons. The average molecular weight is 414 g/mol. The first kappa shape index (κ1) is 18.4. The van der Waals surface area contributed by atoms with Crippen molar-refractivity contribution in [2.75, 3.05) is 0 Å². The van der Waals surface area contributed by atoms with E-state index in [4.69, 9.17) is 19.9 Å². The number of hydrogen-bond acceptors (Lipinski definition) is 6. The van der Waals surface area contributed by atoms with E-state index in [2.05, 4.69) is 35.9 Å². The van der Waals surface area contributed by atoms with Crippen LogP contribution in [0, 0.1) is 13.8 Å². The van der Waals surface area contributed by atoms with Crippen molar-refractivity contribution in [1.82, 2.24) is 29.9 Å². The Morgan fingerprint density at radius 3 is 1.31 bits per heavy atom. The molecule has 0 saturated carbocycles. The number of aromatic nitrogens is 6. The maximum absolute atomic E-state index is 4.98. The predicted molar refractivity (Wildman–Crippen MR) is 126 cm³/mol. The molecule has 0 N–H and O–H groups in total. The first-order valence-electron chi connectivity index (χ1n) is 10.4. The van der Waals surface area contributed by atoms with Gasteiger partial charge in [0.25, 0.3) is 0 Å². The van der Waals surface area contributed by atoms with Crippen LogP contribution in [0.15, 0.2) is 73.1 Å². The SMILES string of the molecule is Cc1cc2nc(-c3cnc4ccccc4n3)c(-c3cnc4ccccc4n3)nc2cc1C. The lowest BCUT2D eigenvalue weighted by Crippen LogP contribution is -2.01. The van der Waals surface area contributed by atoms with Crippen LogP contribution in [-0.4, -0.2) is 29.9 Å². The number of hydrogen-bond donors (Lipinski definition) is 0. The quantitative estimate of drug-likeness (QED) is 0.374. The van der Waals surface area contributed by atoms with E-state index in [9.17, 15) is 0 Å². The highest BCUT2D eigenvalue weighted by atomic mass is 14.9. The van der Waals surface area contributed by atoms with Crippen LogP contribution in [0.2, 0.25) is 0 Å². The number of aryl methyl sites for hydroxylation is 2. The number of benzene rings is 3. The van der Waals surface area contributed by atoms with Gasteiger partial charge in [-0.05, 0) is 61.4 Å². The van der Waals surface area contributed by atoms with E-state index in [-0.39, 0.29) is 0 Å². The van der Waals surface area contributed by atoms with E-state index in [1.54, 1.807) is 12.4 Å². The fourth-order valence-corrected chi connectivity index (χ4v) is 3.81. The Morgan fingerprint density at radius 2 is 0.875 bits per heavy atom. The largest absolute Gasteiger partial charge is 0.252 e. The molecular formula is C26H18N6. The van der Waals surface area contributed by atoms with Gasteiger partial charge in [-0.1, -0.05) is 24.3 Å². The van der Waals surface area contributed by atoms with E-state index in [0.717, 1.165) is 33.1 Å². The summed E-state index contributed by atoms with van der Waals surface area (Å²) in [6.45, 7) is 4.16. The van der Waals surface area contributed by atoms with Crippen LogP contribution >= 0.6 is 0 Å². The van der Waals surface area contributed by atoms with Crippen molar-refractivity contribution in [1.29, 1.82) is 0 Å². The summed E-state index contributed by atoms with van der Waals surface area (Å²) in [7, 11) is 0. The number of nitrogens with zero attached hydrogens (tertiary/aromatic N) is 6. The lowest BCUT2D eigenvalue weighted by molar-refractivity contribution is 1.19. The van der Waals surface area contributed by atoms with E-state index in [1.165, 1.54) is 11.1 Å². The van der Waals surface area contributed by atoms with Gasteiger partial charge in [-0.3, -0.25) is 9.97 Å². The fourth-order valence-electron chi connectivity index (χ4n) is 3.81. The standard InChI is InChI=1S/C26H18N6/c1-15-11-21-22(12-16(15)2)32-26(24-14-28-18-8-4-6-10-20(18)30-24)25(31-21)23-13-27-17-7-3-5-9-19(17)29-23/h3-14H,1-2H3. The van der Waals surface area contributed by atoms with E-state index < -0.39 is 0 Å². The number of rotatable bonds is 2. The van der Waals surface area contributed by atoms with Gasteiger partial charge in [0.15, 0.2) is 0 Å². The Kier molecular flexibility index (Phi) is 4.11. The first-order valence-corrected chi connectivity index (χ1v) is 10.4. The molecule has 6 nitrogen and oxygen atoms in total. The minimum Gasteiger partial charge on any atom is -0.252 e. The molecule has 0 saturated heterocycles. The van der Waals surface area contributed by atoms with E-state index in [1.807, 2.05) is 48.5 Å². The van der Waals surface area contributed by atoms with Gasteiger partial charge >= 0.3 is 0 Å². The van der Waals surface area contributed by atoms with Gasteiger partial charge in [-0.15, -0.1) is 0 Å². The third kappa shape index (κ3) is 3.04.